The monoisotopic (exact) mass is 449 g/mol. The number of imide groups is 1. The van der Waals surface area contributed by atoms with Crippen LogP contribution in [-0.4, -0.2) is 58.8 Å². The first kappa shape index (κ1) is 23.1. The molecule has 7 nitrogen and oxygen atoms in total. The Morgan fingerprint density at radius 2 is 1.88 bits per heavy atom. The molecule has 0 saturated carbocycles. The molecule has 1 aromatic heterocycles. The molecule has 2 aliphatic rings. The number of ether oxygens (including phenoxy) is 1. The molecule has 2 atom stereocenters. The van der Waals surface area contributed by atoms with Crippen LogP contribution in [0.4, 0.5) is 0 Å². The van der Waals surface area contributed by atoms with E-state index >= 15 is 0 Å². The molecule has 4 rings (SSSR count). The van der Waals surface area contributed by atoms with Crippen LogP contribution in [0.3, 0.4) is 0 Å². The van der Waals surface area contributed by atoms with E-state index in [1.54, 1.807) is 31.6 Å². The van der Waals surface area contributed by atoms with Crippen LogP contribution in [0.25, 0.3) is 0 Å². The normalized spacial score (nSPS) is 23.2. The minimum atomic E-state index is -1.17. The second kappa shape index (κ2) is 10.3. The predicted molar refractivity (Wildman–Crippen MR) is 123 cm³/mol. The smallest absolute Gasteiger partial charge is 0.241 e. The third-order valence-electron chi connectivity index (χ3n) is 6.88. The van der Waals surface area contributed by atoms with Gasteiger partial charge in [-0.05, 0) is 48.9 Å². The maximum absolute atomic E-state index is 13.8. The summed E-state index contributed by atoms with van der Waals surface area (Å²) in [7, 11) is 1.67. The van der Waals surface area contributed by atoms with Crippen molar-refractivity contribution in [3.05, 3.63) is 66.0 Å². The number of nitrogens with zero attached hydrogens (tertiary/aromatic N) is 3. The Balaban J connectivity index is 1.62. The molecule has 0 N–H and O–H groups in total. The summed E-state index contributed by atoms with van der Waals surface area (Å²) >= 11 is 0. The van der Waals surface area contributed by atoms with Crippen LogP contribution in [-0.2, 0) is 31.1 Å². The van der Waals surface area contributed by atoms with E-state index in [2.05, 4.69) is 4.98 Å². The lowest BCUT2D eigenvalue weighted by molar-refractivity contribution is -0.144. The van der Waals surface area contributed by atoms with Gasteiger partial charge in [0.1, 0.15) is 0 Å². The third kappa shape index (κ3) is 4.83. The van der Waals surface area contributed by atoms with E-state index in [0.717, 1.165) is 36.8 Å². The molecule has 2 aliphatic heterocycles. The first-order valence-electron chi connectivity index (χ1n) is 11.6. The fourth-order valence-corrected chi connectivity index (χ4v) is 5.10. The Bertz CT molecular complexity index is 982. The van der Waals surface area contributed by atoms with Crippen LogP contribution in [0.2, 0.25) is 0 Å². The van der Waals surface area contributed by atoms with Gasteiger partial charge in [0.25, 0.3) is 0 Å². The molecule has 0 spiro atoms. The van der Waals surface area contributed by atoms with Crippen molar-refractivity contribution in [3.63, 3.8) is 0 Å². The van der Waals surface area contributed by atoms with Crippen molar-refractivity contribution in [2.45, 2.75) is 56.5 Å². The number of piperidine rings is 1. The van der Waals surface area contributed by atoms with Crippen molar-refractivity contribution in [2.75, 3.05) is 20.3 Å². The van der Waals surface area contributed by atoms with Crippen LogP contribution in [0.1, 0.15) is 49.7 Å². The number of hydrogen-bond donors (Lipinski definition) is 0. The van der Waals surface area contributed by atoms with Crippen molar-refractivity contribution in [3.8, 4) is 0 Å². The second-order valence-corrected chi connectivity index (χ2v) is 8.96. The molecule has 174 valence electrons. The first-order chi connectivity index (χ1) is 16.0. The average Bonchev–Trinajstić information content (AvgIpc) is 3.09. The fraction of sp³-hybridized carbons (Fsp3) is 0.462. The molecular formula is C26H31N3O4. The molecular weight excluding hydrogens is 418 g/mol. The van der Waals surface area contributed by atoms with Crippen LogP contribution < -0.4 is 0 Å². The van der Waals surface area contributed by atoms with Gasteiger partial charge >= 0.3 is 0 Å². The van der Waals surface area contributed by atoms with E-state index in [1.165, 1.54) is 4.90 Å². The van der Waals surface area contributed by atoms with Gasteiger partial charge in [0, 0.05) is 51.5 Å². The molecule has 2 fully saturated rings. The molecule has 0 unspecified atom stereocenters. The summed E-state index contributed by atoms with van der Waals surface area (Å²) in [6, 6.07) is 13.0. The predicted octanol–water partition coefficient (Wildman–Crippen LogP) is 3.09. The van der Waals surface area contributed by atoms with Gasteiger partial charge in [-0.2, -0.15) is 0 Å². The summed E-state index contributed by atoms with van der Waals surface area (Å²) in [5, 5.41) is 0. The molecule has 2 saturated heterocycles. The van der Waals surface area contributed by atoms with Crippen molar-refractivity contribution < 1.29 is 19.1 Å². The van der Waals surface area contributed by atoms with Gasteiger partial charge in [0.05, 0.1) is 12.0 Å². The van der Waals surface area contributed by atoms with Crippen LogP contribution in [0.5, 0.6) is 0 Å². The Kier molecular flexibility index (Phi) is 7.18. The van der Waals surface area contributed by atoms with E-state index in [1.807, 2.05) is 35.2 Å². The van der Waals surface area contributed by atoms with E-state index in [9.17, 15) is 14.4 Å². The summed E-state index contributed by atoms with van der Waals surface area (Å²) in [6.45, 7) is 1.46. The number of amides is 3. The van der Waals surface area contributed by atoms with Gasteiger partial charge in [-0.3, -0.25) is 24.3 Å². The number of aromatic nitrogens is 1. The number of carbonyl (C=O) groups is 3. The molecule has 33 heavy (non-hydrogen) atoms. The summed E-state index contributed by atoms with van der Waals surface area (Å²) < 4.78 is 5.25. The highest BCUT2D eigenvalue weighted by Crippen LogP contribution is 2.41. The molecule has 7 heteroatoms. The lowest BCUT2D eigenvalue weighted by atomic mass is 9.75. The van der Waals surface area contributed by atoms with Crippen LogP contribution in [0.15, 0.2) is 54.9 Å². The molecule has 0 radical (unpaired) electrons. The van der Waals surface area contributed by atoms with Crippen molar-refractivity contribution in [1.82, 2.24) is 14.8 Å². The number of likely N-dealkylation sites (tertiary alicyclic amines) is 2. The van der Waals surface area contributed by atoms with Crippen LogP contribution >= 0.6 is 0 Å². The highest BCUT2D eigenvalue weighted by molar-refractivity contribution is 6.10. The van der Waals surface area contributed by atoms with Gasteiger partial charge in [-0.1, -0.05) is 30.3 Å². The van der Waals surface area contributed by atoms with Crippen LogP contribution in [0, 0.1) is 0 Å². The average molecular weight is 450 g/mol. The largest absolute Gasteiger partial charge is 0.385 e. The van der Waals surface area contributed by atoms with E-state index in [-0.39, 0.29) is 43.1 Å². The summed E-state index contributed by atoms with van der Waals surface area (Å²) in [5.74, 6) is -0.607. The molecule has 0 aliphatic carbocycles. The number of rotatable bonds is 8. The van der Waals surface area contributed by atoms with Crippen molar-refractivity contribution in [2.24, 2.45) is 0 Å². The Morgan fingerprint density at radius 3 is 2.61 bits per heavy atom. The SMILES string of the molecule is COCC[C@@H]1CCCCN1C(=O)C[C@]1(c2ccccc2)CC(=O)N(Cc2ccncc2)C1=O. The summed E-state index contributed by atoms with van der Waals surface area (Å²) in [4.78, 5) is 47.7. The maximum atomic E-state index is 13.8. The number of benzene rings is 1. The maximum Gasteiger partial charge on any atom is 0.241 e. The lowest BCUT2D eigenvalue weighted by Gasteiger charge is -2.38. The zero-order valence-electron chi connectivity index (χ0n) is 19.1. The van der Waals surface area contributed by atoms with E-state index < -0.39 is 5.41 Å². The first-order valence-corrected chi connectivity index (χ1v) is 11.6. The highest BCUT2D eigenvalue weighted by Gasteiger charge is 2.54. The lowest BCUT2D eigenvalue weighted by Crippen LogP contribution is -2.48. The molecule has 3 amide bonds. The number of carbonyl (C=O) groups excluding carboxylic acids is 3. The summed E-state index contributed by atoms with van der Waals surface area (Å²) in [5.41, 5.74) is 0.378. The number of hydrogen-bond acceptors (Lipinski definition) is 5. The second-order valence-electron chi connectivity index (χ2n) is 8.96. The fourth-order valence-electron chi connectivity index (χ4n) is 5.10. The topological polar surface area (TPSA) is 79.8 Å². The molecule has 3 heterocycles. The quantitative estimate of drug-likeness (QED) is 0.579. The summed E-state index contributed by atoms with van der Waals surface area (Å²) in [6.07, 6.45) is 7.04. The Morgan fingerprint density at radius 1 is 1.12 bits per heavy atom. The zero-order chi connectivity index (χ0) is 23.3. The zero-order valence-corrected chi connectivity index (χ0v) is 19.1. The minimum absolute atomic E-state index is 0.00207. The molecule has 0 bridgehead atoms. The standard InChI is InChI=1S/C26H31N3O4/c1-33-16-12-22-9-5-6-15-28(22)23(30)17-26(21-7-3-2-4-8-21)18-24(31)29(25(26)32)19-20-10-13-27-14-11-20/h2-4,7-8,10-11,13-14,22H,5-6,9,12,15-19H2,1H3/t22-,26+/m0/s1. The number of pyridine rings is 1. The van der Waals surface area contributed by atoms with E-state index in [0.29, 0.717) is 13.2 Å². The highest BCUT2D eigenvalue weighted by atomic mass is 16.5. The molecule has 1 aromatic carbocycles. The third-order valence-corrected chi connectivity index (χ3v) is 6.88. The number of methoxy groups -OCH3 is 1. The van der Waals surface area contributed by atoms with Crippen molar-refractivity contribution >= 4 is 17.7 Å². The Hall–Kier alpha value is -3.06. The van der Waals surface area contributed by atoms with Crippen molar-refractivity contribution in [1.29, 1.82) is 0 Å². The van der Waals surface area contributed by atoms with Gasteiger partial charge < -0.3 is 9.64 Å². The van der Waals surface area contributed by atoms with E-state index in [4.69, 9.17) is 4.74 Å². The Labute approximate surface area is 194 Å². The van der Waals surface area contributed by atoms with Gasteiger partial charge in [-0.25, -0.2) is 0 Å². The van der Waals surface area contributed by atoms with Gasteiger partial charge in [0.15, 0.2) is 0 Å². The van der Waals surface area contributed by atoms with Gasteiger partial charge in [0.2, 0.25) is 17.7 Å². The minimum Gasteiger partial charge on any atom is -0.385 e. The molecule has 2 aromatic rings. The van der Waals surface area contributed by atoms with Gasteiger partial charge in [-0.15, -0.1) is 0 Å².